The third-order valence-corrected chi connectivity index (χ3v) is 11.5. The summed E-state index contributed by atoms with van der Waals surface area (Å²) < 4.78 is 35.3. The van der Waals surface area contributed by atoms with Crippen LogP contribution in [0, 0.1) is 0 Å². The number of aromatic nitrogens is 4. The SMILES string of the molecule is C=C1CCC(N2Cc3cc(NCC(F)(F)COc4ccc(N5CCN(CCCc6ccc(-c7ccc8c(c7)[nH]c7ccncc78)cn6)CC5)nc4)ccc3C2=O)C(=O)N1. The Morgan fingerprint density at radius 2 is 1.76 bits per heavy atom. The Hall–Kier alpha value is -6.41. The number of piperidine rings is 1. The molecule has 0 bridgehead atoms. The minimum atomic E-state index is -3.18. The summed E-state index contributed by atoms with van der Waals surface area (Å²) in [6.45, 7) is 7.00. The second-order valence-electron chi connectivity index (χ2n) is 15.6. The number of hydrogen-bond acceptors (Lipinski definition) is 9. The van der Waals surface area contributed by atoms with Crippen molar-refractivity contribution >= 4 is 45.1 Å². The van der Waals surface area contributed by atoms with Gasteiger partial charge in [-0.3, -0.25) is 24.5 Å². The van der Waals surface area contributed by atoms with Crippen molar-refractivity contribution in [2.75, 3.05) is 56.1 Å². The number of piperazine rings is 1. The number of anilines is 2. The zero-order valence-corrected chi connectivity index (χ0v) is 32.6. The van der Waals surface area contributed by atoms with Gasteiger partial charge in [0.25, 0.3) is 11.8 Å². The van der Waals surface area contributed by atoms with Crippen LogP contribution in [0.5, 0.6) is 5.75 Å². The number of rotatable bonds is 13. The summed E-state index contributed by atoms with van der Waals surface area (Å²) in [6, 6.07) is 20.5. The van der Waals surface area contributed by atoms with E-state index in [-0.39, 0.29) is 24.1 Å². The third kappa shape index (κ3) is 8.31. The van der Waals surface area contributed by atoms with E-state index in [1.165, 1.54) is 11.1 Å². The van der Waals surface area contributed by atoms with Crippen molar-refractivity contribution < 1.29 is 23.1 Å². The first-order valence-electron chi connectivity index (χ1n) is 20.1. The highest BCUT2D eigenvalue weighted by Gasteiger charge is 2.38. The Kier molecular flexibility index (Phi) is 10.4. The molecule has 2 amide bonds. The van der Waals surface area contributed by atoms with Crippen molar-refractivity contribution in [1.82, 2.24) is 35.1 Å². The molecular formula is C45H45F2N9O3. The molecule has 302 valence electrons. The molecular weight excluding hydrogens is 753 g/mol. The monoisotopic (exact) mass is 797 g/mol. The molecule has 1 atom stereocenters. The van der Waals surface area contributed by atoms with Crippen LogP contribution in [-0.4, -0.2) is 99.4 Å². The lowest BCUT2D eigenvalue weighted by Gasteiger charge is -2.35. The summed E-state index contributed by atoms with van der Waals surface area (Å²) >= 11 is 0. The van der Waals surface area contributed by atoms with Crippen LogP contribution in [0.25, 0.3) is 32.9 Å². The summed E-state index contributed by atoms with van der Waals surface area (Å²) in [6.07, 6.45) is 10.2. The van der Waals surface area contributed by atoms with Crippen molar-refractivity contribution in [3.8, 4) is 16.9 Å². The molecule has 6 aromatic rings. The topological polar surface area (TPSA) is 132 Å². The number of fused-ring (bicyclic) bond motifs is 4. The van der Waals surface area contributed by atoms with E-state index in [9.17, 15) is 18.4 Å². The number of aromatic amines is 1. The molecule has 0 radical (unpaired) electrons. The highest BCUT2D eigenvalue weighted by atomic mass is 19.3. The number of allylic oxidation sites excluding steroid dienone is 1. The van der Waals surface area contributed by atoms with Crippen molar-refractivity contribution in [2.24, 2.45) is 0 Å². The number of amides is 2. The summed E-state index contributed by atoms with van der Waals surface area (Å²) in [4.78, 5) is 48.7. The van der Waals surface area contributed by atoms with Crippen LogP contribution in [0.2, 0.25) is 0 Å². The maximum Gasteiger partial charge on any atom is 0.298 e. The van der Waals surface area contributed by atoms with Gasteiger partial charge in [-0.05, 0) is 91.9 Å². The molecule has 0 spiro atoms. The lowest BCUT2D eigenvalue weighted by atomic mass is 10.0. The van der Waals surface area contributed by atoms with Crippen LogP contribution in [0.4, 0.5) is 20.3 Å². The van der Waals surface area contributed by atoms with Crippen LogP contribution in [0.15, 0.2) is 104 Å². The standard InChI is InChI=1S/C45H45F2N9O3/c1-29-4-12-41(43(57)52-29)56-26-32-21-34(8-11-36(32)44(56)58)51-27-45(46,47)28-59-35-9-13-42(50-24-35)55-19-17-54(18-20-55)16-2-3-33-7-5-31(23-49-33)30-6-10-37-38-25-48-15-14-39(38)53-40(37)22-30/h5-11,13-15,21-25,41,51,53H,1-4,12,16-20,26-28H2,(H,52,57). The van der Waals surface area contributed by atoms with Gasteiger partial charge in [0.05, 0.1) is 12.7 Å². The van der Waals surface area contributed by atoms with Gasteiger partial charge in [-0.15, -0.1) is 0 Å². The molecule has 12 nitrogen and oxygen atoms in total. The van der Waals surface area contributed by atoms with E-state index in [1.807, 2.05) is 24.5 Å². The Balaban J connectivity index is 0.691. The smallest absolute Gasteiger partial charge is 0.298 e. The molecule has 3 aliphatic heterocycles. The van der Waals surface area contributed by atoms with E-state index >= 15 is 0 Å². The quantitative estimate of drug-likeness (QED) is 0.116. The van der Waals surface area contributed by atoms with Gasteiger partial charge in [0.1, 0.15) is 17.6 Å². The summed E-state index contributed by atoms with van der Waals surface area (Å²) in [5.41, 5.74) is 7.72. The van der Waals surface area contributed by atoms with Gasteiger partial charge in [0.15, 0.2) is 6.61 Å². The van der Waals surface area contributed by atoms with Crippen LogP contribution in [-0.2, 0) is 17.8 Å². The van der Waals surface area contributed by atoms with E-state index in [0.29, 0.717) is 35.4 Å². The van der Waals surface area contributed by atoms with Crippen molar-refractivity contribution in [1.29, 1.82) is 0 Å². The maximum absolute atomic E-state index is 14.9. The lowest BCUT2D eigenvalue weighted by Crippen LogP contribution is -2.49. The summed E-state index contributed by atoms with van der Waals surface area (Å²) in [5.74, 6) is -2.60. The number of halogens is 2. The van der Waals surface area contributed by atoms with Crippen molar-refractivity contribution in [2.45, 2.75) is 44.2 Å². The number of alkyl halides is 2. The van der Waals surface area contributed by atoms with Crippen LogP contribution in [0.3, 0.4) is 0 Å². The van der Waals surface area contributed by atoms with Gasteiger partial charge >= 0.3 is 0 Å². The molecule has 1 unspecified atom stereocenters. The molecule has 3 aliphatic rings. The zero-order chi connectivity index (χ0) is 40.5. The van der Waals surface area contributed by atoms with Gasteiger partial charge in [-0.25, -0.2) is 13.8 Å². The third-order valence-electron chi connectivity index (χ3n) is 11.5. The van der Waals surface area contributed by atoms with E-state index in [1.54, 1.807) is 30.5 Å². The van der Waals surface area contributed by atoms with E-state index < -0.39 is 25.1 Å². The van der Waals surface area contributed by atoms with E-state index in [0.717, 1.165) is 90.0 Å². The number of pyridine rings is 3. The number of benzene rings is 2. The molecule has 14 heteroatoms. The Bertz CT molecular complexity index is 2520. The van der Waals surface area contributed by atoms with E-state index in [4.69, 9.17) is 9.72 Å². The number of ether oxygens (including phenoxy) is 1. The predicted molar refractivity (Wildman–Crippen MR) is 224 cm³/mol. The van der Waals surface area contributed by atoms with Crippen molar-refractivity contribution in [3.05, 3.63) is 121 Å². The van der Waals surface area contributed by atoms with Gasteiger partial charge in [-0.1, -0.05) is 24.8 Å². The maximum atomic E-state index is 14.9. The number of hydrogen-bond donors (Lipinski definition) is 3. The van der Waals surface area contributed by atoms with Crippen molar-refractivity contribution in [3.63, 3.8) is 0 Å². The molecule has 9 rings (SSSR count). The number of aryl methyl sites for hydroxylation is 1. The van der Waals surface area contributed by atoms with E-state index in [2.05, 4.69) is 72.3 Å². The van der Waals surface area contributed by atoms with Gasteiger partial charge in [0, 0.05) is 101 Å². The Morgan fingerprint density at radius 1 is 0.898 bits per heavy atom. The molecule has 2 saturated heterocycles. The van der Waals surface area contributed by atoms with Crippen LogP contribution in [0.1, 0.15) is 40.9 Å². The second kappa shape index (κ2) is 16.1. The molecule has 7 heterocycles. The fourth-order valence-corrected chi connectivity index (χ4v) is 8.23. The molecule has 0 saturated carbocycles. The highest BCUT2D eigenvalue weighted by molar-refractivity contribution is 6.07. The first kappa shape index (κ1) is 38.1. The summed E-state index contributed by atoms with van der Waals surface area (Å²) in [5, 5.41) is 7.79. The predicted octanol–water partition coefficient (Wildman–Crippen LogP) is 6.80. The average Bonchev–Trinajstić information content (AvgIpc) is 3.79. The fraction of sp³-hybridized carbons (Fsp3) is 0.311. The largest absolute Gasteiger partial charge is 0.486 e. The van der Waals surface area contributed by atoms with Gasteiger partial charge in [0.2, 0.25) is 5.91 Å². The molecule has 2 fully saturated rings. The highest BCUT2D eigenvalue weighted by Crippen LogP contribution is 2.32. The molecule has 3 N–H and O–H groups in total. The number of carbonyl (C=O) groups is 2. The fourth-order valence-electron chi connectivity index (χ4n) is 8.23. The molecule has 0 aliphatic carbocycles. The lowest BCUT2D eigenvalue weighted by molar-refractivity contribution is -0.126. The first-order valence-corrected chi connectivity index (χ1v) is 20.1. The average molecular weight is 798 g/mol. The van der Waals surface area contributed by atoms with Crippen LogP contribution < -0.4 is 20.3 Å². The normalized spacial score (nSPS) is 17.5. The van der Waals surface area contributed by atoms with Gasteiger partial charge < -0.3 is 30.2 Å². The zero-order valence-electron chi connectivity index (χ0n) is 32.6. The second-order valence-corrected chi connectivity index (χ2v) is 15.6. The molecule has 4 aromatic heterocycles. The van der Waals surface area contributed by atoms with Crippen LogP contribution >= 0.6 is 0 Å². The first-order chi connectivity index (χ1) is 28.7. The Labute approximate surface area is 340 Å². The molecule has 2 aromatic carbocycles. The Morgan fingerprint density at radius 3 is 2.56 bits per heavy atom. The number of carbonyl (C=O) groups excluding carboxylic acids is 2. The van der Waals surface area contributed by atoms with Gasteiger partial charge in [-0.2, -0.15) is 0 Å². The minimum absolute atomic E-state index is 0.238. The summed E-state index contributed by atoms with van der Waals surface area (Å²) in [7, 11) is 0. The number of H-pyrrole nitrogens is 1. The number of nitrogens with one attached hydrogen (secondary N) is 3. The minimum Gasteiger partial charge on any atom is -0.486 e. The molecule has 59 heavy (non-hydrogen) atoms. The number of nitrogens with zero attached hydrogens (tertiary/aromatic N) is 6.